The maximum Gasteiger partial charge on any atom is 0.264 e. The molecule has 4 aromatic rings. The molecule has 0 unspecified atom stereocenters. The molecule has 0 saturated carbocycles. The molecule has 0 spiro atoms. The second kappa shape index (κ2) is 15.3. The third-order valence-corrected chi connectivity index (χ3v) is 9.30. The van der Waals surface area contributed by atoms with E-state index in [2.05, 4.69) is 5.32 Å². The molecule has 2 atom stereocenters. The molecule has 0 fully saturated rings. The predicted octanol–water partition coefficient (Wildman–Crippen LogP) is 5.58. The Kier molecular flexibility index (Phi) is 11.3. The molecule has 10 heteroatoms. The molecule has 0 aliphatic rings. The Morgan fingerprint density at radius 3 is 1.98 bits per heavy atom. The monoisotopic (exact) mass is 631 g/mol. The van der Waals surface area contributed by atoms with Crippen LogP contribution in [0, 0.1) is 5.82 Å². The van der Waals surface area contributed by atoms with Crippen LogP contribution >= 0.6 is 0 Å². The summed E-state index contributed by atoms with van der Waals surface area (Å²) in [7, 11) is -2.84. The van der Waals surface area contributed by atoms with E-state index in [-0.39, 0.29) is 35.5 Å². The van der Waals surface area contributed by atoms with Crippen LogP contribution in [0.15, 0.2) is 114 Å². The van der Waals surface area contributed by atoms with Gasteiger partial charge in [0, 0.05) is 19.0 Å². The van der Waals surface area contributed by atoms with E-state index in [0.29, 0.717) is 12.2 Å². The summed E-state index contributed by atoms with van der Waals surface area (Å²) in [6.45, 7) is 3.27. The topological polar surface area (TPSA) is 96.0 Å². The lowest BCUT2D eigenvalue weighted by Crippen LogP contribution is -2.54. The number of sulfonamides is 1. The lowest BCUT2D eigenvalue weighted by Gasteiger charge is -2.34. The molecular weight excluding hydrogens is 593 g/mol. The molecule has 0 saturated heterocycles. The van der Waals surface area contributed by atoms with Crippen LogP contribution in [0.5, 0.6) is 5.75 Å². The largest absolute Gasteiger partial charge is 0.497 e. The van der Waals surface area contributed by atoms with E-state index in [9.17, 15) is 22.4 Å². The van der Waals surface area contributed by atoms with E-state index in [1.807, 2.05) is 74.5 Å². The van der Waals surface area contributed by atoms with Crippen molar-refractivity contribution in [3.05, 3.63) is 126 Å². The highest BCUT2D eigenvalue weighted by molar-refractivity contribution is 7.92. The van der Waals surface area contributed by atoms with Crippen molar-refractivity contribution in [3.63, 3.8) is 0 Å². The van der Waals surface area contributed by atoms with Gasteiger partial charge in [0.2, 0.25) is 11.8 Å². The Bertz CT molecular complexity index is 1650. The van der Waals surface area contributed by atoms with Gasteiger partial charge in [0.15, 0.2) is 0 Å². The Morgan fingerprint density at radius 2 is 1.42 bits per heavy atom. The van der Waals surface area contributed by atoms with Crippen molar-refractivity contribution < 1.29 is 27.1 Å². The predicted molar refractivity (Wildman–Crippen MR) is 173 cm³/mol. The number of nitrogens with zero attached hydrogens (tertiary/aromatic N) is 2. The summed E-state index contributed by atoms with van der Waals surface area (Å²) in [5.74, 6) is -1.03. The van der Waals surface area contributed by atoms with Crippen LogP contribution in [0.4, 0.5) is 10.1 Å². The highest BCUT2D eigenvalue weighted by Crippen LogP contribution is 2.26. The van der Waals surface area contributed by atoms with Gasteiger partial charge < -0.3 is 15.0 Å². The van der Waals surface area contributed by atoms with E-state index < -0.39 is 34.3 Å². The van der Waals surface area contributed by atoms with Gasteiger partial charge in [0.1, 0.15) is 24.2 Å². The number of nitrogens with one attached hydrogen (secondary N) is 1. The third kappa shape index (κ3) is 8.69. The maximum absolute atomic E-state index is 14.4. The number of amides is 2. The van der Waals surface area contributed by atoms with Gasteiger partial charge in [-0.15, -0.1) is 0 Å². The quantitative estimate of drug-likeness (QED) is 0.196. The number of rotatable bonds is 14. The molecule has 0 aliphatic heterocycles. The highest BCUT2D eigenvalue weighted by atomic mass is 32.2. The number of ether oxygens (including phenoxy) is 1. The average molecular weight is 632 g/mol. The number of hydrogen-bond donors (Lipinski definition) is 1. The van der Waals surface area contributed by atoms with Crippen LogP contribution in [0.1, 0.15) is 31.4 Å². The molecule has 0 bridgehead atoms. The fourth-order valence-electron chi connectivity index (χ4n) is 4.79. The van der Waals surface area contributed by atoms with Crippen molar-refractivity contribution in [1.29, 1.82) is 0 Å². The molecule has 4 rings (SSSR count). The van der Waals surface area contributed by atoms with Crippen LogP contribution in [0.25, 0.3) is 0 Å². The molecule has 236 valence electrons. The minimum absolute atomic E-state index is 0.0605. The second-order valence-electron chi connectivity index (χ2n) is 10.7. The van der Waals surface area contributed by atoms with E-state index in [4.69, 9.17) is 4.74 Å². The van der Waals surface area contributed by atoms with Gasteiger partial charge in [-0.2, -0.15) is 0 Å². The summed E-state index contributed by atoms with van der Waals surface area (Å²) >= 11 is 0. The number of carbonyl (C=O) groups is 2. The fourth-order valence-corrected chi connectivity index (χ4v) is 6.20. The average Bonchev–Trinajstić information content (AvgIpc) is 3.06. The first-order valence-corrected chi connectivity index (χ1v) is 16.2. The number of halogens is 1. The van der Waals surface area contributed by atoms with Gasteiger partial charge in [0.25, 0.3) is 10.0 Å². The summed E-state index contributed by atoms with van der Waals surface area (Å²) < 4.78 is 48.2. The van der Waals surface area contributed by atoms with Crippen molar-refractivity contribution in [3.8, 4) is 5.75 Å². The Morgan fingerprint density at radius 1 is 0.844 bits per heavy atom. The van der Waals surface area contributed by atoms with Crippen LogP contribution in [-0.2, 0) is 32.6 Å². The molecule has 45 heavy (non-hydrogen) atoms. The highest BCUT2D eigenvalue weighted by Gasteiger charge is 2.35. The van der Waals surface area contributed by atoms with Crippen LogP contribution in [0.2, 0.25) is 0 Å². The Hall–Kier alpha value is -4.70. The fraction of sp³-hybridized carbons (Fsp3) is 0.257. The van der Waals surface area contributed by atoms with Crippen molar-refractivity contribution in [1.82, 2.24) is 10.2 Å². The van der Waals surface area contributed by atoms with Crippen LogP contribution in [0.3, 0.4) is 0 Å². The summed E-state index contributed by atoms with van der Waals surface area (Å²) in [6.07, 6.45) is 0.901. The van der Waals surface area contributed by atoms with Gasteiger partial charge in [-0.05, 0) is 73.0 Å². The standard InChI is InChI=1S/C35H38FN3O5S/c1-4-26(2)37-35(41)33(23-27-11-7-5-8-12-27)38(24-28-13-9-6-10-14-28)34(40)25-39(30-17-15-29(36)16-18-30)45(42,43)32-21-19-31(44-3)20-22-32/h5-22,26,33H,4,23-25H2,1-3H3,(H,37,41)/t26-,33-/m0/s1. The molecular formula is C35H38FN3O5S. The van der Waals surface area contributed by atoms with Gasteiger partial charge in [-0.3, -0.25) is 13.9 Å². The Labute approximate surface area is 264 Å². The number of benzene rings is 4. The Balaban J connectivity index is 1.79. The molecule has 0 heterocycles. The molecule has 1 N–H and O–H groups in total. The van der Waals surface area contributed by atoms with Crippen molar-refractivity contribution in [2.75, 3.05) is 18.0 Å². The SMILES string of the molecule is CC[C@H](C)NC(=O)[C@H](Cc1ccccc1)N(Cc1ccccc1)C(=O)CN(c1ccc(F)cc1)S(=O)(=O)c1ccc(OC)cc1. The zero-order chi connectivity index (χ0) is 32.4. The molecule has 0 aromatic heterocycles. The smallest absolute Gasteiger partial charge is 0.264 e. The minimum Gasteiger partial charge on any atom is -0.497 e. The van der Waals surface area contributed by atoms with Crippen LogP contribution < -0.4 is 14.4 Å². The van der Waals surface area contributed by atoms with Crippen molar-refractivity contribution in [2.45, 2.75) is 50.2 Å². The maximum atomic E-state index is 14.4. The van der Waals surface area contributed by atoms with Gasteiger partial charge in [-0.1, -0.05) is 67.6 Å². The molecule has 2 amide bonds. The zero-order valence-electron chi connectivity index (χ0n) is 25.6. The zero-order valence-corrected chi connectivity index (χ0v) is 26.4. The lowest BCUT2D eigenvalue weighted by molar-refractivity contribution is -0.140. The molecule has 0 radical (unpaired) electrons. The van der Waals surface area contributed by atoms with E-state index in [1.54, 1.807) is 0 Å². The van der Waals surface area contributed by atoms with E-state index in [1.165, 1.54) is 48.4 Å². The molecule has 0 aliphatic carbocycles. The summed E-state index contributed by atoms with van der Waals surface area (Å²) in [4.78, 5) is 29.6. The van der Waals surface area contributed by atoms with Crippen LogP contribution in [-0.4, -0.2) is 50.9 Å². The van der Waals surface area contributed by atoms with Gasteiger partial charge >= 0.3 is 0 Å². The molecule has 8 nitrogen and oxygen atoms in total. The van der Waals surface area contributed by atoms with Gasteiger partial charge in [-0.25, -0.2) is 12.8 Å². The third-order valence-electron chi connectivity index (χ3n) is 7.51. The van der Waals surface area contributed by atoms with Crippen molar-refractivity contribution in [2.24, 2.45) is 0 Å². The first-order chi connectivity index (χ1) is 21.6. The molecule has 4 aromatic carbocycles. The summed E-state index contributed by atoms with van der Waals surface area (Å²) in [5, 5.41) is 3.01. The lowest BCUT2D eigenvalue weighted by atomic mass is 10.0. The van der Waals surface area contributed by atoms with E-state index in [0.717, 1.165) is 27.6 Å². The van der Waals surface area contributed by atoms with E-state index >= 15 is 0 Å². The number of anilines is 1. The first kappa shape index (κ1) is 33.2. The normalized spacial score (nSPS) is 12.5. The summed E-state index contributed by atoms with van der Waals surface area (Å²) in [6, 6.07) is 28.1. The van der Waals surface area contributed by atoms with Crippen molar-refractivity contribution >= 4 is 27.5 Å². The minimum atomic E-state index is -4.31. The summed E-state index contributed by atoms with van der Waals surface area (Å²) in [5.41, 5.74) is 1.71. The second-order valence-corrected chi connectivity index (χ2v) is 12.6. The first-order valence-electron chi connectivity index (χ1n) is 14.7. The number of carbonyl (C=O) groups excluding carboxylic acids is 2. The number of methoxy groups -OCH3 is 1. The number of hydrogen-bond acceptors (Lipinski definition) is 5. The van der Waals surface area contributed by atoms with Gasteiger partial charge in [0.05, 0.1) is 17.7 Å².